The van der Waals surface area contributed by atoms with Crippen LogP contribution in [0, 0.1) is 10.1 Å². The average molecular weight is 303 g/mol. The van der Waals surface area contributed by atoms with E-state index in [1.54, 1.807) is 0 Å². The molecule has 0 aliphatic carbocycles. The molecule has 1 rings (SSSR count). The molecule has 0 aromatic heterocycles. The molecule has 0 aliphatic rings. The highest BCUT2D eigenvalue weighted by atomic mass is 19.3. The van der Waals surface area contributed by atoms with Gasteiger partial charge in [0.25, 0.3) is 0 Å². The molecule has 0 saturated heterocycles. The zero-order valence-corrected chi connectivity index (χ0v) is 12.4. The van der Waals surface area contributed by atoms with Gasteiger partial charge in [0.2, 0.25) is 5.75 Å². The third kappa shape index (κ3) is 4.82. The Hall–Kier alpha value is -1.96. The van der Waals surface area contributed by atoms with Crippen LogP contribution in [0.3, 0.4) is 0 Å². The standard InChI is InChI=1S/C13H19F2N3O3/c1-13(2,17(3)4)8-16-9-5-6-10(18(19)20)11(7-9)21-12(14)15/h5-7,12,16H,8H2,1-4H3. The van der Waals surface area contributed by atoms with Crippen LogP contribution in [-0.2, 0) is 0 Å². The lowest BCUT2D eigenvalue weighted by molar-refractivity contribution is -0.386. The molecular weight excluding hydrogens is 284 g/mol. The van der Waals surface area contributed by atoms with Gasteiger partial charge < -0.3 is 15.0 Å². The van der Waals surface area contributed by atoms with Crippen molar-refractivity contribution >= 4 is 11.4 Å². The quantitative estimate of drug-likeness (QED) is 0.619. The van der Waals surface area contributed by atoms with Gasteiger partial charge in [0.15, 0.2) is 0 Å². The molecule has 0 aliphatic heterocycles. The van der Waals surface area contributed by atoms with Gasteiger partial charge in [-0.1, -0.05) is 0 Å². The maximum atomic E-state index is 12.3. The second-order valence-corrected chi connectivity index (χ2v) is 5.38. The number of halogens is 2. The van der Waals surface area contributed by atoms with E-state index < -0.39 is 23.0 Å². The maximum absolute atomic E-state index is 12.3. The van der Waals surface area contributed by atoms with E-state index in [1.807, 2.05) is 32.8 Å². The van der Waals surface area contributed by atoms with E-state index in [0.717, 1.165) is 6.07 Å². The number of rotatable bonds is 7. The molecule has 1 aromatic rings. The molecule has 1 N–H and O–H groups in total. The molecule has 0 unspecified atom stereocenters. The number of hydrogen-bond acceptors (Lipinski definition) is 5. The molecular formula is C13H19F2N3O3. The van der Waals surface area contributed by atoms with Crippen LogP contribution in [0.4, 0.5) is 20.2 Å². The third-order valence-electron chi connectivity index (χ3n) is 3.31. The summed E-state index contributed by atoms with van der Waals surface area (Å²) in [6.45, 7) is 1.42. The molecule has 6 nitrogen and oxygen atoms in total. The highest BCUT2D eigenvalue weighted by molar-refractivity contribution is 5.58. The number of alkyl halides is 2. The second-order valence-electron chi connectivity index (χ2n) is 5.38. The number of ether oxygens (including phenoxy) is 1. The highest BCUT2D eigenvalue weighted by Gasteiger charge is 2.22. The first-order valence-corrected chi connectivity index (χ1v) is 6.28. The molecule has 0 fully saturated rings. The van der Waals surface area contributed by atoms with E-state index in [0.29, 0.717) is 12.2 Å². The van der Waals surface area contributed by atoms with Crippen LogP contribution in [-0.4, -0.2) is 42.6 Å². The molecule has 0 bridgehead atoms. The Morgan fingerprint density at radius 2 is 2.05 bits per heavy atom. The van der Waals surface area contributed by atoms with Crippen molar-refractivity contribution in [1.29, 1.82) is 0 Å². The summed E-state index contributed by atoms with van der Waals surface area (Å²) in [6.07, 6.45) is 0. The fourth-order valence-corrected chi connectivity index (χ4v) is 1.44. The zero-order valence-electron chi connectivity index (χ0n) is 12.4. The van der Waals surface area contributed by atoms with E-state index in [-0.39, 0.29) is 5.54 Å². The van der Waals surface area contributed by atoms with Gasteiger partial charge in [-0.2, -0.15) is 8.78 Å². The molecule has 118 valence electrons. The summed E-state index contributed by atoms with van der Waals surface area (Å²) >= 11 is 0. The predicted octanol–water partition coefficient (Wildman–Crippen LogP) is 2.95. The highest BCUT2D eigenvalue weighted by Crippen LogP contribution is 2.31. The maximum Gasteiger partial charge on any atom is 0.387 e. The van der Waals surface area contributed by atoms with Crippen LogP contribution >= 0.6 is 0 Å². The van der Waals surface area contributed by atoms with Gasteiger partial charge in [-0.05, 0) is 34.0 Å². The lowest BCUT2D eigenvalue weighted by Crippen LogP contribution is -2.44. The van der Waals surface area contributed by atoms with E-state index in [9.17, 15) is 18.9 Å². The number of nitro groups is 1. The fraction of sp³-hybridized carbons (Fsp3) is 0.538. The Kier molecular flexibility index (Phi) is 5.42. The smallest absolute Gasteiger partial charge is 0.387 e. The monoisotopic (exact) mass is 303 g/mol. The SMILES string of the molecule is CN(C)C(C)(C)CNc1ccc([N+](=O)[O-])c(OC(F)F)c1. The van der Waals surface area contributed by atoms with Crippen LogP contribution in [0.2, 0.25) is 0 Å². The van der Waals surface area contributed by atoms with Crippen molar-refractivity contribution in [2.24, 2.45) is 0 Å². The van der Waals surface area contributed by atoms with Gasteiger partial charge in [0, 0.05) is 29.9 Å². The van der Waals surface area contributed by atoms with Crippen molar-refractivity contribution in [3.05, 3.63) is 28.3 Å². The summed E-state index contributed by atoms with van der Waals surface area (Å²) in [7, 11) is 3.84. The van der Waals surface area contributed by atoms with Crippen molar-refractivity contribution in [2.45, 2.75) is 26.0 Å². The van der Waals surface area contributed by atoms with Gasteiger partial charge in [-0.25, -0.2) is 0 Å². The Morgan fingerprint density at radius 1 is 1.43 bits per heavy atom. The Balaban J connectivity index is 2.92. The summed E-state index contributed by atoms with van der Waals surface area (Å²) in [5.74, 6) is -0.456. The van der Waals surface area contributed by atoms with Gasteiger partial charge in [-0.15, -0.1) is 0 Å². The summed E-state index contributed by atoms with van der Waals surface area (Å²) in [4.78, 5) is 12.0. The molecule has 0 saturated carbocycles. The lowest BCUT2D eigenvalue weighted by Gasteiger charge is -2.33. The number of nitrogens with one attached hydrogen (secondary N) is 1. The van der Waals surface area contributed by atoms with Crippen LogP contribution in [0.5, 0.6) is 5.75 Å². The largest absolute Gasteiger partial charge is 0.427 e. The minimum absolute atomic E-state index is 0.175. The molecule has 0 amide bonds. The number of likely N-dealkylation sites (N-methyl/N-ethyl adjacent to an activating group) is 1. The van der Waals surface area contributed by atoms with Crippen LogP contribution < -0.4 is 10.1 Å². The molecule has 8 heteroatoms. The normalized spacial score (nSPS) is 11.8. The molecule has 21 heavy (non-hydrogen) atoms. The minimum Gasteiger partial charge on any atom is -0.427 e. The van der Waals surface area contributed by atoms with E-state index >= 15 is 0 Å². The Labute approximate surface area is 121 Å². The van der Waals surface area contributed by atoms with Crippen molar-refractivity contribution < 1.29 is 18.4 Å². The van der Waals surface area contributed by atoms with E-state index in [1.165, 1.54) is 12.1 Å². The first-order valence-electron chi connectivity index (χ1n) is 6.28. The Bertz CT molecular complexity index is 507. The summed E-state index contributed by atoms with van der Waals surface area (Å²) in [5.41, 5.74) is -0.190. The fourth-order valence-electron chi connectivity index (χ4n) is 1.44. The molecule has 0 radical (unpaired) electrons. The van der Waals surface area contributed by atoms with Gasteiger partial charge >= 0.3 is 12.3 Å². The van der Waals surface area contributed by atoms with E-state index in [4.69, 9.17) is 0 Å². The Morgan fingerprint density at radius 3 is 2.52 bits per heavy atom. The number of nitro benzene ring substituents is 1. The van der Waals surface area contributed by atoms with Crippen LogP contribution in [0.25, 0.3) is 0 Å². The summed E-state index contributed by atoms with van der Waals surface area (Å²) in [5, 5.41) is 13.8. The second kappa shape index (κ2) is 6.66. The predicted molar refractivity (Wildman–Crippen MR) is 76.0 cm³/mol. The first-order chi connectivity index (χ1) is 9.63. The number of nitrogens with zero attached hydrogens (tertiary/aromatic N) is 2. The van der Waals surface area contributed by atoms with Crippen LogP contribution in [0.15, 0.2) is 18.2 Å². The lowest BCUT2D eigenvalue weighted by atomic mass is 10.0. The first kappa shape index (κ1) is 17.1. The minimum atomic E-state index is -3.11. The molecule has 0 heterocycles. The molecule has 1 aromatic carbocycles. The van der Waals surface area contributed by atoms with Gasteiger partial charge in [0.1, 0.15) is 0 Å². The van der Waals surface area contributed by atoms with Crippen LogP contribution in [0.1, 0.15) is 13.8 Å². The number of hydrogen-bond donors (Lipinski definition) is 1. The van der Waals surface area contributed by atoms with Gasteiger partial charge in [-0.3, -0.25) is 10.1 Å². The van der Waals surface area contributed by atoms with Crippen molar-refractivity contribution in [3.63, 3.8) is 0 Å². The summed E-state index contributed by atoms with van der Waals surface area (Å²) in [6, 6.07) is 3.81. The van der Waals surface area contributed by atoms with Gasteiger partial charge in [0.05, 0.1) is 4.92 Å². The third-order valence-corrected chi connectivity index (χ3v) is 3.31. The average Bonchev–Trinajstić information content (AvgIpc) is 2.35. The van der Waals surface area contributed by atoms with Crippen molar-refractivity contribution in [1.82, 2.24) is 4.90 Å². The number of benzene rings is 1. The summed E-state index contributed by atoms with van der Waals surface area (Å²) < 4.78 is 28.8. The van der Waals surface area contributed by atoms with Crippen molar-refractivity contribution in [3.8, 4) is 5.75 Å². The van der Waals surface area contributed by atoms with E-state index in [2.05, 4.69) is 10.1 Å². The topological polar surface area (TPSA) is 67.6 Å². The zero-order chi connectivity index (χ0) is 16.2. The number of anilines is 1. The van der Waals surface area contributed by atoms with Crippen molar-refractivity contribution in [2.75, 3.05) is 26.0 Å². The molecule has 0 spiro atoms. The molecule has 0 atom stereocenters.